The number of aromatic nitrogens is 1. The van der Waals surface area contributed by atoms with Crippen LogP contribution in [0.1, 0.15) is 38.4 Å². The van der Waals surface area contributed by atoms with Crippen LogP contribution in [-0.4, -0.2) is 31.0 Å². The van der Waals surface area contributed by atoms with E-state index in [9.17, 15) is 8.78 Å². The van der Waals surface area contributed by atoms with Crippen LogP contribution in [0.3, 0.4) is 0 Å². The molecule has 114 valence electrons. The summed E-state index contributed by atoms with van der Waals surface area (Å²) < 4.78 is 25.0. The molecule has 0 aliphatic heterocycles. The minimum atomic E-state index is -2.35. The molecule has 1 heterocycles. The van der Waals surface area contributed by atoms with Gasteiger partial charge in [-0.25, -0.2) is 13.8 Å². The molecule has 1 N–H and O–H groups in total. The number of nitrogens with one attached hydrogen (secondary N) is 1. The molecule has 5 heteroatoms. The van der Waals surface area contributed by atoms with Crippen LogP contribution >= 0.6 is 0 Å². The van der Waals surface area contributed by atoms with Crippen molar-refractivity contribution in [2.45, 2.75) is 52.6 Å². The van der Waals surface area contributed by atoms with Gasteiger partial charge in [0.2, 0.25) is 0 Å². The highest BCUT2D eigenvalue weighted by atomic mass is 19.3. The Bertz CT molecular complexity index is 408. The van der Waals surface area contributed by atoms with Crippen LogP contribution in [0.2, 0.25) is 0 Å². The van der Waals surface area contributed by atoms with Gasteiger partial charge in [-0.05, 0) is 24.1 Å². The summed E-state index contributed by atoms with van der Waals surface area (Å²) in [7, 11) is 1.66. The maximum absolute atomic E-state index is 12.5. The highest BCUT2D eigenvalue weighted by Gasteiger charge is 2.12. The first-order valence-corrected chi connectivity index (χ1v) is 7.14. The van der Waals surface area contributed by atoms with Gasteiger partial charge in [-0.1, -0.05) is 27.2 Å². The first kappa shape index (κ1) is 16.8. The topological polar surface area (TPSA) is 28.2 Å². The Balaban J connectivity index is 2.91. The molecular formula is C15H25F2N3. The van der Waals surface area contributed by atoms with Crippen LogP contribution < -0.4 is 10.2 Å². The molecule has 0 atom stereocenters. The van der Waals surface area contributed by atoms with Crippen LogP contribution in [0.4, 0.5) is 14.6 Å². The predicted molar refractivity (Wildman–Crippen MR) is 79.5 cm³/mol. The van der Waals surface area contributed by atoms with Crippen molar-refractivity contribution >= 4 is 5.82 Å². The Labute approximate surface area is 120 Å². The highest BCUT2D eigenvalue weighted by Crippen LogP contribution is 2.16. The van der Waals surface area contributed by atoms with Crippen LogP contribution in [0.5, 0.6) is 0 Å². The summed E-state index contributed by atoms with van der Waals surface area (Å²) >= 11 is 0. The monoisotopic (exact) mass is 285 g/mol. The second-order valence-electron chi connectivity index (χ2n) is 5.38. The van der Waals surface area contributed by atoms with Crippen molar-refractivity contribution in [1.82, 2.24) is 10.3 Å². The molecule has 0 fully saturated rings. The predicted octanol–water partition coefficient (Wildman–Crippen LogP) is 3.23. The van der Waals surface area contributed by atoms with Gasteiger partial charge in [0.05, 0.1) is 6.54 Å². The molecular weight excluding hydrogens is 260 g/mol. The van der Waals surface area contributed by atoms with E-state index in [0.717, 1.165) is 30.6 Å². The Morgan fingerprint density at radius 3 is 2.55 bits per heavy atom. The average molecular weight is 285 g/mol. The van der Waals surface area contributed by atoms with E-state index >= 15 is 0 Å². The molecule has 0 saturated carbocycles. The maximum Gasteiger partial charge on any atom is 0.255 e. The van der Waals surface area contributed by atoms with Gasteiger partial charge < -0.3 is 10.2 Å². The number of pyridine rings is 1. The van der Waals surface area contributed by atoms with Gasteiger partial charge in [0.1, 0.15) is 5.82 Å². The van der Waals surface area contributed by atoms with E-state index in [4.69, 9.17) is 0 Å². The Hall–Kier alpha value is -1.23. The second-order valence-corrected chi connectivity index (χ2v) is 5.38. The number of aryl methyl sites for hydroxylation is 1. The molecule has 20 heavy (non-hydrogen) atoms. The molecule has 1 aromatic rings. The second kappa shape index (κ2) is 8.15. The van der Waals surface area contributed by atoms with Crippen molar-refractivity contribution in [1.29, 1.82) is 0 Å². The fourth-order valence-corrected chi connectivity index (χ4v) is 1.94. The van der Waals surface area contributed by atoms with E-state index in [1.807, 2.05) is 6.07 Å². The third-order valence-electron chi connectivity index (χ3n) is 2.95. The van der Waals surface area contributed by atoms with Crippen LogP contribution in [0, 0.1) is 0 Å². The average Bonchev–Trinajstić information content (AvgIpc) is 2.35. The summed E-state index contributed by atoms with van der Waals surface area (Å²) in [5, 5.41) is 3.34. The summed E-state index contributed by atoms with van der Waals surface area (Å²) in [6, 6.07) is 4.33. The Kier molecular flexibility index (Phi) is 6.85. The zero-order valence-corrected chi connectivity index (χ0v) is 12.8. The van der Waals surface area contributed by atoms with Crippen LogP contribution in [-0.2, 0) is 13.0 Å². The number of rotatable bonds is 8. The molecule has 0 spiro atoms. The first-order valence-electron chi connectivity index (χ1n) is 7.14. The smallest absolute Gasteiger partial charge is 0.255 e. The summed E-state index contributed by atoms with van der Waals surface area (Å²) in [6.45, 7) is 6.69. The van der Waals surface area contributed by atoms with Crippen molar-refractivity contribution in [2.75, 3.05) is 18.5 Å². The van der Waals surface area contributed by atoms with Gasteiger partial charge in [-0.3, -0.25) is 0 Å². The first-order chi connectivity index (χ1) is 9.42. The minimum absolute atomic E-state index is 0.292. The van der Waals surface area contributed by atoms with E-state index in [0.29, 0.717) is 11.9 Å². The van der Waals surface area contributed by atoms with E-state index in [2.05, 4.69) is 37.1 Å². The molecule has 0 bridgehead atoms. The SMILES string of the molecule is CCCc1cc(CNC(C)C)cc(N(C)CC(F)F)n1. The summed E-state index contributed by atoms with van der Waals surface area (Å²) in [6.07, 6.45) is -0.495. The van der Waals surface area contributed by atoms with Gasteiger partial charge in [-0.15, -0.1) is 0 Å². The molecule has 0 aliphatic carbocycles. The molecule has 0 unspecified atom stereocenters. The lowest BCUT2D eigenvalue weighted by molar-refractivity contribution is 0.156. The third kappa shape index (κ3) is 5.82. The molecule has 0 radical (unpaired) electrons. The van der Waals surface area contributed by atoms with Crippen LogP contribution in [0.25, 0.3) is 0 Å². The quantitative estimate of drug-likeness (QED) is 0.795. The zero-order chi connectivity index (χ0) is 15.1. The van der Waals surface area contributed by atoms with Crippen molar-refractivity contribution in [3.8, 4) is 0 Å². The fourth-order valence-electron chi connectivity index (χ4n) is 1.94. The fraction of sp³-hybridized carbons (Fsp3) is 0.667. The molecule has 0 aliphatic rings. The lowest BCUT2D eigenvalue weighted by Crippen LogP contribution is -2.26. The molecule has 1 aromatic heterocycles. The molecule has 0 amide bonds. The summed E-state index contributed by atoms with van der Waals surface area (Å²) in [5.74, 6) is 0.622. The van der Waals surface area contributed by atoms with Gasteiger partial charge in [0.15, 0.2) is 0 Å². The highest BCUT2D eigenvalue weighted by molar-refractivity contribution is 5.42. The molecule has 3 nitrogen and oxygen atoms in total. The Morgan fingerprint density at radius 1 is 1.30 bits per heavy atom. The largest absolute Gasteiger partial charge is 0.354 e. The van der Waals surface area contributed by atoms with E-state index < -0.39 is 6.43 Å². The third-order valence-corrected chi connectivity index (χ3v) is 2.95. The number of halogens is 2. The Morgan fingerprint density at radius 2 is 2.00 bits per heavy atom. The number of hydrogen-bond acceptors (Lipinski definition) is 3. The van der Waals surface area contributed by atoms with Crippen molar-refractivity contribution in [3.05, 3.63) is 23.4 Å². The lowest BCUT2D eigenvalue weighted by atomic mass is 10.1. The van der Waals surface area contributed by atoms with Gasteiger partial charge in [0.25, 0.3) is 6.43 Å². The van der Waals surface area contributed by atoms with E-state index in [1.165, 1.54) is 4.90 Å². The van der Waals surface area contributed by atoms with Gasteiger partial charge >= 0.3 is 0 Å². The van der Waals surface area contributed by atoms with E-state index in [-0.39, 0.29) is 6.54 Å². The lowest BCUT2D eigenvalue weighted by Gasteiger charge is -2.20. The molecule has 0 saturated heterocycles. The maximum atomic E-state index is 12.5. The van der Waals surface area contributed by atoms with Gasteiger partial charge in [0, 0.05) is 25.3 Å². The summed E-state index contributed by atoms with van der Waals surface area (Å²) in [4.78, 5) is 5.98. The normalized spacial score (nSPS) is 11.4. The van der Waals surface area contributed by atoms with Gasteiger partial charge in [-0.2, -0.15) is 0 Å². The van der Waals surface area contributed by atoms with Crippen molar-refractivity contribution < 1.29 is 8.78 Å². The number of anilines is 1. The molecule has 1 rings (SSSR count). The number of alkyl halides is 2. The number of nitrogens with zero attached hydrogens (tertiary/aromatic N) is 2. The minimum Gasteiger partial charge on any atom is -0.354 e. The van der Waals surface area contributed by atoms with Crippen molar-refractivity contribution in [2.24, 2.45) is 0 Å². The van der Waals surface area contributed by atoms with E-state index in [1.54, 1.807) is 7.05 Å². The standard InChI is InChI=1S/C15H25F2N3/c1-5-6-13-7-12(9-18-11(2)3)8-15(19-13)20(4)10-14(16)17/h7-8,11,14,18H,5-6,9-10H2,1-4H3. The molecule has 0 aromatic carbocycles. The summed E-state index contributed by atoms with van der Waals surface area (Å²) in [5.41, 5.74) is 2.06. The van der Waals surface area contributed by atoms with Crippen LogP contribution in [0.15, 0.2) is 12.1 Å². The van der Waals surface area contributed by atoms with Crippen molar-refractivity contribution in [3.63, 3.8) is 0 Å². The zero-order valence-electron chi connectivity index (χ0n) is 12.8. The number of hydrogen-bond donors (Lipinski definition) is 1.